The molecule has 82 valence electrons. The monoisotopic (exact) mass is 201 g/mol. The molecule has 0 aromatic heterocycles. The standard InChI is InChI=1S/C10H19NO3/c1-2-6-14-7-3-9(13)11-10(8-12)4-5-10/h12H,2-8H2,1H3,(H,11,13). The first-order chi connectivity index (χ1) is 6.72. The van der Waals surface area contributed by atoms with E-state index < -0.39 is 0 Å². The molecule has 4 nitrogen and oxygen atoms in total. The number of carbonyl (C=O) groups excluding carboxylic acids is 1. The summed E-state index contributed by atoms with van der Waals surface area (Å²) in [5, 5.41) is 11.8. The van der Waals surface area contributed by atoms with Crippen LogP contribution in [0.25, 0.3) is 0 Å². The van der Waals surface area contributed by atoms with Crippen LogP contribution in [0.4, 0.5) is 0 Å². The molecule has 0 spiro atoms. The summed E-state index contributed by atoms with van der Waals surface area (Å²) in [7, 11) is 0. The molecule has 1 aliphatic rings. The number of hydrogen-bond acceptors (Lipinski definition) is 3. The van der Waals surface area contributed by atoms with Crippen molar-refractivity contribution in [3.63, 3.8) is 0 Å². The fraction of sp³-hybridized carbons (Fsp3) is 0.900. The number of ether oxygens (including phenoxy) is 1. The normalized spacial score (nSPS) is 17.9. The van der Waals surface area contributed by atoms with Crippen LogP contribution in [0.3, 0.4) is 0 Å². The number of hydrogen-bond donors (Lipinski definition) is 2. The molecule has 4 heteroatoms. The molecule has 1 aliphatic carbocycles. The maximum atomic E-state index is 11.3. The molecule has 0 heterocycles. The highest BCUT2D eigenvalue weighted by Crippen LogP contribution is 2.34. The summed E-state index contributed by atoms with van der Waals surface area (Å²) >= 11 is 0. The number of aliphatic hydroxyl groups is 1. The van der Waals surface area contributed by atoms with E-state index in [1.165, 1.54) is 0 Å². The lowest BCUT2D eigenvalue weighted by atomic mass is 10.3. The third-order valence-electron chi connectivity index (χ3n) is 2.38. The summed E-state index contributed by atoms with van der Waals surface area (Å²) in [6.45, 7) is 3.26. The average Bonchev–Trinajstić information content (AvgIpc) is 2.93. The number of amides is 1. The average molecular weight is 201 g/mol. The Balaban J connectivity index is 2.04. The van der Waals surface area contributed by atoms with Gasteiger partial charge in [-0.2, -0.15) is 0 Å². The van der Waals surface area contributed by atoms with Crippen LogP contribution >= 0.6 is 0 Å². The zero-order valence-corrected chi connectivity index (χ0v) is 8.71. The zero-order valence-electron chi connectivity index (χ0n) is 8.71. The first-order valence-electron chi connectivity index (χ1n) is 5.22. The third-order valence-corrected chi connectivity index (χ3v) is 2.38. The van der Waals surface area contributed by atoms with Gasteiger partial charge in [0, 0.05) is 13.0 Å². The van der Waals surface area contributed by atoms with Crippen LogP contribution in [0, 0.1) is 0 Å². The number of carbonyl (C=O) groups is 1. The second-order valence-corrected chi connectivity index (χ2v) is 3.85. The Morgan fingerprint density at radius 2 is 2.21 bits per heavy atom. The Labute approximate surface area is 84.6 Å². The van der Waals surface area contributed by atoms with Gasteiger partial charge in [-0.15, -0.1) is 0 Å². The van der Waals surface area contributed by atoms with Gasteiger partial charge in [-0.05, 0) is 19.3 Å². The molecule has 2 N–H and O–H groups in total. The molecule has 1 amide bonds. The zero-order chi connectivity index (χ0) is 10.4. The minimum Gasteiger partial charge on any atom is -0.394 e. The second kappa shape index (κ2) is 5.32. The van der Waals surface area contributed by atoms with Gasteiger partial charge < -0.3 is 15.2 Å². The van der Waals surface area contributed by atoms with Crippen molar-refractivity contribution < 1.29 is 14.6 Å². The smallest absolute Gasteiger partial charge is 0.222 e. The van der Waals surface area contributed by atoms with E-state index in [1.54, 1.807) is 0 Å². The van der Waals surface area contributed by atoms with Crippen LogP contribution < -0.4 is 5.32 Å². The summed E-state index contributed by atoms with van der Waals surface area (Å²) in [5.74, 6) is -0.0207. The minimum absolute atomic E-state index is 0.0207. The maximum absolute atomic E-state index is 11.3. The molecule has 0 saturated heterocycles. The van der Waals surface area contributed by atoms with Crippen molar-refractivity contribution in [3.05, 3.63) is 0 Å². The van der Waals surface area contributed by atoms with Crippen LogP contribution in [0.5, 0.6) is 0 Å². The topological polar surface area (TPSA) is 58.6 Å². The van der Waals surface area contributed by atoms with E-state index in [-0.39, 0.29) is 18.1 Å². The minimum atomic E-state index is -0.290. The van der Waals surface area contributed by atoms with E-state index >= 15 is 0 Å². The predicted molar refractivity (Wildman–Crippen MR) is 52.9 cm³/mol. The van der Waals surface area contributed by atoms with Gasteiger partial charge in [-0.3, -0.25) is 4.79 Å². The van der Waals surface area contributed by atoms with E-state index in [2.05, 4.69) is 5.32 Å². The van der Waals surface area contributed by atoms with Crippen LogP contribution in [-0.4, -0.2) is 36.4 Å². The lowest BCUT2D eigenvalue weighted by Crippen LogP contribution is -2.39. The Kier molecular flexibility index (Phi) is 4.35. The molecule has 1 saturated carbocycles. The van der Waals surface area contributed by atoms with Crippen molar-refractivity contribution >= 4 is 5.91 Å². The van der Waals surface area contributed by atoms with Crippen molar-refractivity contribution in [1.82, 2.24) is 5.32 Å². The van der Waals surface area contributed by atoms with Gasteiger partial charge in [0.1, 0.15) is 0 Å². The summed E-state index contributed by atoms with van der Waals surface area (Å²) in [6.07, 6.45) is 3.15. The first kappa shape index (κ1) is 11.5. The Morgan fingerprint density at radius 1 is 1.50 bits per heavy atom. The molecule has 1 rings (SSSR count). The van der Waals surface area contributed by atoms with Crippen molar-refractivity contribution in [3.8, 4) is 0 Å². The van der Waals surface area contributed by atoms with Gasteiger partial charge in [0.05, 0.1) is 18.8 Å². The van der Waals surface area contributed by atoms with Gasteiger partial charge in [-0.1, -0.05) is 6.92 Å². The largest absolute Gasteiger partial charge is 0.394 e. The van der Waals surface area contributed by atoms with E-state index in [0.29, 0.717) is 19.6 Å². The van der Waals surface area contributed by atoms with Crippen molar-refractivity contribution in [2.45, 2.75) is 38.1 Å². The first-order valence-corrected chi connectivity index (χ1v) is 5.22. The number of aliphatic hydroxyl groups excluding tert-OH is 1. The van der Waals surface area contributed by atoms with Crippen LogP contribution in [0.2, 0.25) is 0 Å². The van der Waals surface area contributed by atoms with Crippen LogP contribution in [-0.2, 0) is 9.53 Å². The molecule has 0 radical (unpaired) electrons. The molecule has 0 aromatic rings. The van der Waals surface area contributed by atoms with E-state index in [0.717, 1.165) is 19.3 Å². The number of rotatable bonds is 7. The molecular formula is C10H19NO3. The Hall–Kier alpha value is -0.610. The summed E-state index contributed by atoms with van der Waals surface area (Å²) in [6, 6.07) is 0. The fourth-order valence-electron chi connectivity index (χ4n) is 1.24. The van der Waals surface area contributed by atoms with Crippen LogP contribution in [0.15, 0.2) is 0 Å². The lowest BCUT2D eigenvalue weighted by Gasteiger charge is -2.13. The molecule has 14 heavy (non-hydrogen) atoms. The molecule has 0 bridgehead atoms. The van der Waals surface area contributed by atoms with Gasteiger partial charge in [0.25, 0.3) is 0 Å². The summed E-state index contributed by atoms with van der Waals surface area (Å²) < 4.78 is 5.20. The SMILES string of the molecule is CCCOCCC(=O)NC1(CO)CC1. The second-order valence-electron chi connectivity index (χ2n) is 3.85. The van der Waals surface area contributed by atoms with Gasteiger partial charge in [0.15, 0.2) is 0 Å². The Morgan fingerprint density at radius 3 is 2.71 bits per heavy atom. The Bertz CT molecular complexity index is 190. The van der Waals surface area contributed by atoms with Gasteiger partial charge >= 0.3 is 0 Å². The van der Waals surface area contributed by atoms with E-state index in [9.17, 15) is 4.79 Å². The van der Waals surface area contributed by atoms with Crippen molar-refractivity contribution in [2.24, 2.45) is 0 Å². The maximum Gasteiger partial charge on any atom is 0.222 e. The van der Waals surface area contributed by atoms with Gasteiger partial charge in [-0.25, -0.2) is 0 Å². The molecule has 0 aliphatic heterocycles. The van der Waals surface area contributed by atoms with Crippen molar-refractivity contribution in [2.75, 3.05) is 19.8 Å². The van der Waals surface area contributed by atoms with Crippen LogP contribution in [0.1, 0.15) is 32.6 Å². The quantitative estimate of drug-likeness (QED) is 0.588. The highest BCUT2D eigenvalue weighted by atomic mass is 16.5. The molecular weight excluding hydrogens is 182 g/mol. The molecule has 1 fully saturated rings. The summed E-state index contributed by atoms with van der Waals surface area (Å²) in [5.41, 5.74) is -0.290. The summed E-state index contributed by atoms with van der Waals surface area (Å²) in [4.78, 5) is 11.3. The predicted octanol–water partition coefficient (Wildman–Crippen LogP) is 0.444. The van der Waals surface area contributed by atoms with Crippen molar-refractivity contribution in [1.29, 1.82) is 0 Å². The highest BCUT2D eigenvalue weighted by Gasteiger charge is 2.43. The fourth-order valence-corrected chi connectivity index (χ4v) is 1.24. The van der Waals surface area contributed by atoms with E-state index in [4.69, 9.17) is 9.84 Å². The molecule has 0 aromatic carbocycles. The van der Waals surface area contributed by atoms with E-state index in [1.807, 2.05) is 6.92 Å². The van der Waals surface area contributed by atoms with Gasteiger partial charge in [0.2, 0.25) is 5.91 Å². The highest BCUT2D eigenvalue weighted by molar-refractivity contribution is 5.77. The third kappa shape index (κ3) is 3.64. The molecule has 0 unspecified atom stereocenters. The molecule has 0 atom stereocenters. The number of nitrogens with one attached hydrogen (secondary N) is 1. The lowest BCUT2D eigenvalue weighted by molar-refractivity contribution is -0.123.